The van der Waals surface area contributed by atoms with Gasteiger partial charge in [0.1, 0.15) is 17.4 Å². The molecule has 4 heteroatoms. The van der Waals surface area contributed by atoms with Gasteiger partial charge in [-0.15, -0.1) is 0 Å². The monoisotopic (exact) mass is 182 g/mol. The summed E-state index contributed by atoms with van der Waals surface area (Å²) in [6.07, 6.45) is 0. The van der Waals surface area contributed by atoms with Crippen molar-refractivity contribution in [2.24, 2.45) is 0 Å². The van der Waals surface area contributed by atoms with Crippen LogP contribution in [-0.2, 0) is 0 Å². The van der Waals surface area contributed by atoms with Crippen molar-refractivity contribution in [3.8, 4) is 11.8 Å². The Morgan fingerprint density at radius 2 is 2.25 bits per heavy atom. The first-order valence-electron chi connectivity index (χ1n) is 3.22. The minimum Gasteiger partial charge on any atom is -0.495 e. The van der Waals surface area contributed by atoms with Crippen LogP contribution in [0.15, 0.2) is 12.1 Å². The molecule has 3 nitrogen and oxygen atoms in total. The summed E-state index contributed by atoms with van der Waals surface area (Å²) in [5, 5.41) is 9.13. The van der Waals surface area contributed by atoms with Crippen molar-refractivity contribution in [3.63, 3.8) is 0 Å². The van der Waals surface area contributed by atoms with Crippen LogP contribution in [0.3, 0.4) is 0 Å². The third-order valence-electron chi connectivity index (χ3n) is 1.43. The van der Waals surface area contributed by atoms with E-state index in [4.69, 9.17) is 27.3 Å². The van der Waals surface area contributed by atoms with Gasteiger partial charge in [-0.2, -0.15) is 5.26 Å². The van der Waals surface area contributed by atoms with Crippen molar-refractivity contribution < 1.29 is 4.74 Å². The van der Waals surface area contributed by atoms with Crippen LogP contribution in [0.1, 0.15) is 5.56 Å². The van der Waals surface area contributed by atoms with Crippen LogP contribution in [0.25, 0.3) is 0 Å². The minimum atomic E-state index is 0.321. The average Bonchev–Trinajstić information content (AvgIpc) is 2.03. The van der Waals surface area contributed by atoms with E-state index in [9.17, 15) is 0 Å². The molecule has 2 N–H and O–H groups in total. The summed E-state index contributed by atoms with van der Waals surface area (Å²) in [6, 6.07) is 5.00. The standard InChI is InChI=1S/C8H7ClN2O/c1-12-8-3-5(9)2-7(11)6(8)4-10/h2-3H,11H2,1H3. The number of hydrogen-bond donors (Lipinski definition) is 1. The van der Waals surface area contributed by atoms with Gasteiger partial charge in [0.2, 0.25) is 0 Å². The Morgan fingerprint density at radius 1 is 1.58 bits per heavy atom. The molecule has 0 radical (unpaired) electrons. The molecule has 0 fully saturated rings. The predicted molar refractivity (Wildman–Crippen MR) is 47.1 cm³/mol. The van der Waals surface area contributed by atoms with Crippen molar-refractivity contribution >= 4 is 17.3 Å². The van der Waals surface area contributed by atoms with Crippen LogP contribution in [-0.4, -0.2) is 7.11 Å². The van der Waals surface area contributed by atoms with Gasteiger partial charge < -0.3 is 10.5 Å². The summed E-state index contributed by atoms with van der Waals surface area (Å²) < 4.78 is 4.91. The number of methoxy groups -OCH3 is 1. The second kappa shape index (κ2) is 3.33. The molecule has 0 saturated heterocycles. The number of rotatable bonds is 1. The lowest BCUT2D eigenvalue weighted by Crippen LogP contribution is -1.94. The molecule has 0 aliphatic heterocycles. The largest absolute Gasteiger partial charge is 0.495 e. The third kappa shape index (κ3) is 1.44. The molecule has 12 heavy (non-hydrogen) atoms. The van der Waals surface area contributed by atoms with Crippen molar-refractivity contribution in [1.29, 1.82) is 5.26 Å². The lowest BCUT2D eigenvalue weighted by molar-refractivity contribution is 0.414. The van der Waals surface area contributed by atoms with E-state index < -0.39 is 0 Å². The maximum absolute atomic E-state index is 8.67. The van der Waals surface area contributed by atoms with Crippen molar-refractivity contribution in [2.75, 3.05) is 12.8 Å². The van der Waals surface area contributed by atoms with Gasteiger partial charge >= 0.3 is 0 Å². The molecule has 1 aromatic carbocycles. The zero-order valence-corrected chi connectivity index (χ0v) is 7.22. The van der Waals surface area contributed by atoms with Crippen LogP contribution in [0.4, 0.5) is 5.69 Å². The van der Waals surface area contributed by atoms with E-state index in [0.717, 1.165) is 0 Å². The number of anilines is 1. The first-order chi connectivity index (χ1) is 5.69. The topological polar surface area (TPSA) is 59.0 Å². The van der Waals surface area contributed by atoms with E-state index in [1.165, 1.54) is 13.2 Å². The molecular formula is C8H7ClN2O. The average molecular weight is 183 g/mol. The predicted octanol–water partition coefficient (Wildman–Crippen LogP) is 1.80. The number of nitriles is 1. The smallest absolute Gasteiger partial charge is 0.140 e. The number of halogens is 1. The van der Waals surface area contributed by atoms with Crippen molar-refractivity contribution in [1.82, 2.24) is 0 Å². The zero-order valence-electron chi connectivity index (χ0n) is 6.47. The fraction of sp³-hybridized carbons (Fsp3) is 0.125. The van der Waals surface area contributed by atoms with E-state index in [1.54, 1.807) is 6.07 Å². The molecule has 0 saturated carbocycles. The Labute approximate surface area is 75.3 Å². The summed E-state index contributed by atoms with van der Waals surface area (Å²) in [4.78, 5) is 0. The van der Waals surface area contributed by atoms with Gasteiger partial charge in [0.25, 0.3) is 0 Å². The molecule has 0 unspecified atom stereocenters. The van der Waals surface area contributed by atoms with E-state index in [2.05, 4.69) is 0 Å². The summed E-state index contributed by atoms with van der Waals surface area (Å²) >= 11 is 5.69. The zero-order chi connectivity index (χ0) is 9.14. The molecule has 0 aromatic heterocycles. The summed E-state index contributed by atoms with van der Waals surface area (Å²) in [5.41, 5.74) is 6.18. The number of nitrogen functional groups attached to an aromatic ring is 1. The highest BCUT2D eigenvalue weighted by Crippen LogP contribution is 2.27. The van der Waals surface area contributed by atoms with E-state index >= 15 is 0 Å². The van der Waals surface area contributed by atoms with Gasteiger partial charge in [0, 0.05) is 11.1 Å². The summed E-state index contributed by atoms with van der Waals surface area (Å²) in [6.45, 7) is 0. The van der Waals surface area contributed by atoms with Crippen LogP contribution in [0.2, 0.25) is 5.02 Å². The van der Waals surface area contributed by atoms with Gasteiger partial charge in [0.15, 0.2) is 0 Å². The molecule has 1 aromatic rings. The Hall–Kier alpha value is -1.40. The fourth-order valence-electron chi connectivity index (χ4n) is 0.883. The number of nitrogens with two attached hydrogens (primary N) is 1. The molecule has 62 valence electrons. The summed E-state index contributed by atoms with van der Waals surface area (Å²) in [5.74, 6) is 0.405. The number of hydrogen-bond acceptors (Lipinski definition) is 3. The second-order valence-corrected chi connectivity index (χ2v) is 2.62. The van der Waals surface area contributed by atoms with Crippen molar-refractivity contribution in [2.45, 2.75) is 0 Å². The highest BCUT2D eigenvalue weighted by Gasteiger charge is 2.07. The van der Waals surface area contributed by atoms with E-state index in [0.29, 0.717) is 22.0 Å². The Bertz CT molecular complexity index is 344. The van der Waals surface area contributed by atoms with Crippen LogP contribution in [0, 0.1) is 11.3 Å². The van der Waals surface area contributed by atoms with Gasteiger partial charge in [-0.05, 0) is 6.07 Å². The lowest BCUT2D eigenvalue weighted by Gasteiger charge is -2.04. The van der Waals surface area contributed by atoms with E-state index in [1.807, 2.05) is 6.07 Å². The fourth-order valence-corrected chi connectivity index (χ4v) is 1.10. The first-order valence-corrected chi connectivity index (χ1v) is 3.60. The number of ether oxygens (including phenoxy) is 1. The minimum absolute atomic E-state index is 0.321. The molecule has 0 spiro atoms. The van der Waals surface area contributed by atoms with Crippen LogP contribution in [0.5, 0.6) is 5.75 Å². The van der Waals surface area contributed by atoms with Gasteiger partial charge in [-0.3, -0.25) is 0 Å². The Balaban J connectivity index is 3.36. The van der Waals surface area contributed by atoms with Crippen LogP contribution >= 0.6 is 11.6 Å². The second-order valence-electron chi connectivity index (χ2n) is 2.18. The molecule has 0 aliphatic rings. The normalized spacial score (nSPS) is 9.08. The molecule has 0 heterocycles. The number of benzene rings is 1. The maximum Gasteiger partial charge on any atom is 0.140 e. The first kappa shape index (κ1) is 8.69. The molecule has 0 amide bonds. The lowest BCUT2D eigenvalue weighted by atomic mass is 10.2. The Kier molecular flexibility index (Phi) is 2.41. The SMILES string of the molecule is COc1cc(Cl)cc(N)c1C#N. The number of nitrogens with zero attached hydrogens (tertiary/aromatic N) is 1. The van der Waals surface area contributed by atoms with E-state index in [-0.39, 0.29) is 0 Å². The third-order valence-corrected chi connectivity index (χ3v) is 1.65. The quantitative estimate of drug-likeness (QED) is 0.674. The van der Waals surface area contributed by atoms with Gasteiger partial charge in [-0.1, -0.05) is 11.6 Å². The Morgan fingerprint density at radius 3 is 2.75 bits per heavy atom. The highest BCUT2D eigenvalue weighted by molar-refractivity contribution is 6.31. The molecular weight excluding hydrogens is 176 g/mol. The molecule has 0 atom stereocenters. The molecule has 1 rings (SSSR count). The molecule has 0 bridgehead atoms. The molecule has 0 aliphatic carbocycles. The van der Waals surface area contributed by atoms with Gasteiger partial charge in [0.05, 0.1) is 12.8 Å². The van der Waals surface area contributed by atoms with Crippen LogP contribution < -0.4 is 10.5 Å². The highest BCUT2D eigenvalue weighted by atomic mass is 35.5. The summed E-state index contributed by atoms with van der Waals surface area (Å²) in [7, 11) is 1.46. The van der Waals surface area contributed by atoms with Crippen molar-refractivity contribution in [3.05, 3.63) is 22.7 Å². The van der Waals surface area contributed by atoms with Gasteiger partial charge in [-0.25, -0.2) is 0 Å². The maximum atomic E-state index is 8.67.